The van der Waals surface area contributed by atoms with E-state index in [1.165, 1.54) is 0 Å². The fraction of sp³-hybridized carbons (Fsp3) is 0.571. The highest BCUT2D eigenvalue weighted by Gasteiger charge is 2.28. The van der Waals surface area contributed by atoms with Crippen LogP contribution in [0.25, 0.3) is 0 Å². The van der Waals surface area contributed by atoms with Crippen molar-refractivity contribution in [2.75, 3.05) is 36.5 Å². The number of nitrogens with one attached hydrogen (secondary N) is 1. The minimum atomic E-state index is -1.83. The molecule has 0 aliphatic carbocycles. The molecule has 1 aromatic rings. The topological polar surface area (TPSA) is 35.5 Å². The molecule has 1 fully saturated rings. The van der Waals surface area contributed by atoms with Crippen molar-refractivity contribution in [2.24, 2.45) is 0 Å². The molecule has 0 bridgehead atoms. The summed E-state index contributed by atoms with van der Waals surface area (Å²) < 4.78 is 14.2. The zero-order chi connectivity index (χ0) is 14.6. The van der Waals surface area contributed by atoms with Crippen molar-refractivity contribution in [3.8, 4) is 0 Å². The third-order valence-electron chi connectivity index (χ3n) is 3.59. The molecule has 1 saturated heterocycles. The van der Waals surface area contributed by atoms with Crippen LogP contribution < -0.4 is 10.2 Å². The zero-order valence-corrected chi connectivity index (χ0v) is 13.5. The molecule has 2 rings (SSSR count). The van der Waals surface area contributed by atoms with Gasteiger partial charge < -0.3 is 15.3 Å². The summed E-state index contributed by atoms with van der Waals surface area (Å²) >= 11 is 9.10. The van der Waals surface area contributed by atoms with Gasteiger partial charge in [-0.1, -0.05) is 39.7 Å². The second-order valence-corrected chi connectivity index (χ2v) is 6.32. The molecule has 0 radical (unpaired) electrons. The van der Waals surface area contributed by atoms with Crippen molar-refractivity contribution in [1.82, 2.24) is 5.32 Å². The van der Waals surface area contributed by atoms with Crippen LogP contribution in [0.15, 0.2) is 24.3 Å². The summed E-state index contributed by atoms with van der Waals surface area (Å²) in [6.07, 6.45) is 0.223. The van der Waals surface area contributed by atoms with E-state index in [0.717, 1.165) is 25.3 Å². The molecule has 1 aliphatic heterocycles. The normalized spacial score (nSPS) is 22.6. The first-order valence-corrected chi connectivity index (χ1v) is 8.21. The Bertz CT molecular complexity index is 430. The molecule has 1 aliphatic rings. The van der Waals surface area contributed by atoms with Crippen molar-refractivity contribution in [1.29, 1.82) is 0 Å². The maximum Gasteiger partial charge on any atom is 0.209 e. The SMILES string of the molecule is OCC1CNCCN1c1ccc(C(F)(Cl)CCBr)cc1. The first-order valence-electron chi connectivity index (χ1n) is 6.71. The standard InChI is InChI=1S/C14H19BrClFN2O/c15-6-5-14(16,17)11-1-3-12(4-2-11)19-8-7-18-9-13(19)10-20/h1-4,13,18,20H,5-10H2. The van der Waals surface area contributed by atoms with Gasteiger partial charge in [0, 0.05) is 42.6 Å². The molecule has 3 nitrogen and oxygen atoms in total. The molecule has 1 aromatic carbocycles. The Hall–Kier alpha value is -0.360. The number of nitrogens with zero attached hydrogens (tertiary/aromatic N) is 1. The number of rotatable bonds is 5. The molecule has 1 heterocycles. The molecule has 0 saturated carbocycles. The Morgan fingerprint density at radius 3 is 2.75 bits per heavy atom. The third kappa shape index (κ3) is 3.64. The Morgan fingerprint density at radius 1 is 1.45 bits per heavy atom. The average Bonchev–Trinajstić information content (AvgIpc) is 2.47. The fourth-order valence-corrected chi connectivity index (χ4v) is 3.42. The van der Waals surface area contributed by atoms with Crippen LogP contribution in [-0.2, 0) is 5.13 Å². The van der Waals surface area contributed by atoms with Crippen molar-refractivity contribution in [3.63, 3.8) is 0 Å². The number of alkyl halides is 3. The number of aliphatic hydroxyl groups is 1. The monoisotopic (exact) mass is 364 g/mol. The van der Waals surface area contributed by atoms with Gasteiger partial charge in [0.1, 0.15) is 0 Å². The van der Waals surface area contributed by atoms with Gasteiger partial charge in [-0.15, -0.1) is 0 Å². The highest BCUT2D eigenvalue weighted by atomic mass is 79.9. The van der Waals surface area contributed by atoms with Gasteiger partial charge in [-0.2, -0.15) is 0 Å². The molecule has 0 aromatic heterocycles. The molecule has 0 spiro atoms. The smallest absolute Gasteiger partial charge is 0.209 e. The Kier molecular flexibility index (Phi) is 5.66. The van der Waals surface area contributed by atoms with Crippen LogP contribution in [-0.4, -0.2) is 42.7 Å². The van der Waals surface area contributed by atoms with Gasteiger partial charge >= 0.3 is 0 Å². The summed E-state index contributed by atoms with van der Waals surface area (Å²) in [7, 11) is 0. The van der Waals surface area contributed by atoms with Gasteiger partial charge in [0.05, 0.1) is 12.6 Å². The lowest BCUT2D eigenvalue weighted by molar-refractivity contribution is 0.246. The summed E-state index contributed by atoms with van der Waals surface area (Å²) in [6, 6.07) is 7.24. The van der Waals surface area contributed by atoms with Crippen LogP contribution in [0.2, 0.25) is 0 Å². The predicted molar refractivity (Wildman–Crippen MR) is 84.6 cm³/mol. The van der Waals surface area contributed by atoms with E-state index in [-0.39, 0.29) is 19.1 Å². The van der Waals surface area contributed by atoms with E-state index in [1.54, 1.807) is 12.1 Å². The van der Waals surface area contributed by atoms with Gasteiger partial charge in [-0.25, -0.2) is 4.39 Å². The number of hydrogen-bond donors (Lipinski definition) is 2. The van der Waals surface area contributed by atoms with Crippen LogP contribution in [0.1, 0.15) is 12.0 Å². The highest BCUT2D eigenvalue weighted by molar-refractivity contribution is 9.09. The molecular formula is C14H19BrClFN2O. The average molecular weight is 366 g/mol. The summed E-state index contributed by atoms with van der Waals surface area (Å²) in [6.45, 7) is 2.56. The van der Waals surface area contributed by atoms with Gasteiger partial charge in [-0.3, -0.25) is 0 Å². The molecule has 112 valence electrons. The van der Waals surface area contributed by atoms with Gasteiger partial charge in [0.2, 0.25) is 5.13 Å². The van der Waals surface area contributed by atoms with Gasteiger partial charge in [-0.05, 0) is 12.1 Å². The maximum atomic E-state index is 14.2. The Morgan fingerprint density at radius 2 is 2.15 bits per heavy atom. The first kappa shape index (κ1) is 16.0. The van der Waals surface area contributed by atoms with Crippen LogP contribution in [0, 0.1) is 0 Å². The highest BCUT2D eigenvalue weighted by Crippen LogP contribution is 2.36. The van der Waals surface area contributed by atoms with Crippen molar-refractivity contribution >= 4 is 33.2 Å². The molecular weight excluding hydrogens is 347 g/mol. The Balaban J connectivity index is 2.15. The van der Waals surface area contributed by atoms with Gasteiger partial charge in [0.25, 0.3) is 0 Å². The molecule has 2 N–H and O–H groups in total. The summed E-state index contributed by atoms with van der Waals surface area (Å²) in [5, 5.41) is 11.3. The van der Waals surface area contributed by atoms with Crippen LogP contribution >= 0.6 is 27.5 Å². The van der Waals surface area contributed by atoms with E-state index in [9.17, 15) is 9.50 Å². The quantitative estimate of drug-likeness (QED) is 0.787. The number of halogens is 3. The minimum Gasteiger partial charge on any atom is -0.394 e. The predicted octanol–water partition coefficient (Wildman–Crippen LogP) is 2.60. The van der Waals surface area contributed by atoms with Crippen molar-refractivity contribution in [3.05, 3.63) is 29.8 Å². The summed E-state index contributed by atoms with van der Waals surface area (Å²) in [5.74, 6) is 0. The van der Waals surface area contributed by atoms with Crippen molar-refractivity contribution in [2.45, 2.75) is 17.6 Å². The number of hydrogen-bond acceptors (Lipinski definition) is 3. The molecule has 2 atom stereocenters. The van der Waals surface area contributed by atoms with E-state index >= 15 is 0 Å². The number of aliphatic hydroxyl groups excluding tert-OH is 1. The number of anilines is 1. The van der Waals surface area contributed by atoms with E-state index in [4.69, 9.17) is 11.6 Å². The van der Waals surface area contributed by atoms with E-state index < -0.39 is 5.13 Å². The minimum absolute atomic E-state index is 0.0586. The molecule has 20 heavy (non-hydrogen) atoms. The van der Waals surface area contributed by atoms with Gasteiger partial charge in [0.15, 0.2) is 0 Å². The maximum absolute atomic E-state index is 14.2. The number of piperazine rings is 1. The third-order valence-corrected chi connectivity index (χ3v) is 4.39. The van der Waals surface area contributed by atoms with Crippen LogP contribution in [0.3, 0.4) is 0 Å². The number of benzene rings is 1. The molecule has 2 unspecified atom stereocenters. The lowest BCUT2D eigenvalue weighted by Gasteiger charge is -2.37. The lowest BCUT2D eigenvalue weighted by atomic mass is 10.1. The fourth-order valence-electron chi connectivity index (χ4n) is 2.42. The van der Waals surface area contributed by atoms with Crippen molar-refractivity contribution < 1.29 is 9.50 Å². The van der Waals surface area contributed by atoms with E-state index in [2.05, 4.69) is 26.1 Å². The van der Waals surface area contributed by atoms with Crippen LogP contribution in [0.4, 0.5) is 10.1 Å². The van der Waals surface area contributed by atoms with Crippen LogP contribution in [0.5, 0.6) is 0 Å². The zero-order valence-electron chi connectivity index (χ0n) is 11.2. The van der Waals surface area contributed by atoms with E-state index in [0.29, 0.717) is 10.9 Å². The first-order chi connectivity index (χ1) is 9.58. The van der Waals surface area contributed by atoms with E-state index in [1.807, 2.05) is 12.1 Å². The molecule has 6 heteroatoms. The Labute approximate surface area is 132 Å². The summed E-state index contributed by atoms with van der Waals surface area (Å²) in [4.78, 5) is 2.14. The largest absolute Gasteiger partial charge is 0.394 e. The second-order valence-electron chi connectivity index (χ2n) is 4.92. The molecule has 0 amide bonds. The summed E-state index contributed by atoms with van der Waals surface area (Å²) in [5.41, 5.74) is 1.46. The lowest BCUT2D eigenvalue weighted by Crippen LogP contribution is -2.53. The second kappa shape index (κ2) is 7.07.